The van der Waals surface area contributed by atoms with Gasteiger partial charge in [-0.05, 0) is 43.1 Å². The molecule has 1 saturated carbocycles. The molecule has 2 atom stereocenters. The Hall–Kier alpha value is -1.30. The lowest BCUT2D eigenvalue weighted by Gasteiger charge is -2.44. The first-order valence-electron chi connectivity index (χ1n) is 7.46. The van der Waals surface area contributed by atoms with Gasteiger partial charge in [0.1, 0.15) is 10.6 Å². The predicted octanol–water partition coefficient (Wildman–Crippen LogP) is 2.24. The predicted molar refractivity (Wildman–Crippen MR) is 82.2 cm³/mol. The molecule has 1 saturated heterocycles. The zero-order valence-corrected chi connectivity index (χ0v) is 12.7. The van der Waals surface area contributed by atoms with Crippen LogP contribution in [0.15, 0.2) is 0 Å². The fourth-order valence-electron chi connectivity index (χ4n) is 3.70. The van der Waals surface area contributed by atoms with Crippen LogP contribution in [0.5, 0.6) is 0 Å². The van der Waals surface area contributed by atoms with Crippen LogP contribution in [0.25, 0.3) is 0 Å². The Morgan fingerprint density at radius 2 is 2.10 bits per heavy atom. The number of hydrogen-bond acceptors (Lipinski definition) is 5. The van der Waals surface area contributed by atoms with E-state index in [1.54, 1.807) is 7.05 Å². The number of aromatic nitrogens is 1. The van der Waals surface area contributed by atoms with Crippen LogP contribution >= 0.6 is 11.5 Å². The van der Waals surface area contributed by atoms with Gasteiger partial charge in [0.2, 0.25) is 0 Å². The molecule has 3 N–H and O–H groups in total. The highest BCUT2D eigenvalue weighted by Crippen LogP contribution is 2.41. The minimum atomic E-state index is -0.121. The van der Waals surface area contributed by atoms with E-state index >= 15 is 0 Å². The van der Waals surface area contributed by atoms with Crippen molar-refractivity contribution < 1.29 is 4.79 Å². The van der Waals surface area contributed by atoms with Gasteiger partial charge in [-0.25, -0.2) is 0 Å². The molecular formula is C14H22N4OS. The number of rotatable bonds is 2. The minimum Gasteiger partial charge on any atom is -0.382 e. The average Bonchev–Trinajstić information content (AvgIpc) is 2.87. The summed E-state index contributed by atoms with van der Waals surface area (Å²) in [5.74, 6) is 1.02. The summed E-state index contributed by atoms with van der Waals surface area (Å²) in [5.41, 5.74) is 6.48. The quantitative estimate of drug-likeness (QED) is 0.877. The van der Waals surface area contributed by atoms with E-state index in [1.807, 2.05) is 0 Å². The largest absolute Gasteiger partial charge is 0.382 e. The van der Waals surface area contributed by atoms with E-state index in [9.17, 15) is 4.79 Å². The summed E-state index contributed by atoms with van der Waals surface area (Å²) in [6, 6.07) is 0.570. The third kappa shape index (κ3) is 2.26. The van der Waals surface area contributed by atoms with Crippen molar-refractivity contribution in [1.82, 2.24) is 9.69 Å². The van der Waals surface area contributed by atoms with Crippen LogP contribution in [0, 0.1) is 5.92 Å². The van der Waals surface area contributed by atoms with Crippen molar-refractivity contribution in [2.45, 2.75) is 44.6 Å². The molecule has 1 aromatic heterocycles. The Bertz CT molecular complexity index is 499. The lowest BCUT2D eigenvalue weighted by Crippen LogP contribution is -2.47. The molecule has 2 heterocycles. The van der Waals surface area contributed by atoms with E-state index in [-0.39, 0.29) is 5.91 Å². The molecule has 0 bridgehead atoms. The van der Waals surface area contributed by atoms with Crippen molar-refractivity contribution in [3.05, 3.63) is 5.56 Å². The van der Waals surface area contributed by atoms with Crippen LogP contribution in [0.1, 0.15) is 48.9 Å². The number of anilines is 2. The van der Waals surface area contributed by atoms with E-state index in [2.05, 4.69) is 14.6 Å². The van der Waals surface area contributed by atoms with E-state index in [1.165, 1.54) is 50.1 Å². The molecule has 1 aromatic rings. The summed E-state index contributed by atoms with van der Waals surface area (Å²) < 4.78 is 4.22. The molecular weight excluding hydrogens is 272 g/mol. The number of fused-ring (bicyclic) bond motifs is 1. The van der Waals surface area contributed by atoms with Gasteiger partial charge in [0.05, 0.1) is 0 Å². The normalized spacial score (nSPS) is 26.1. The van der Waals surface area contributed by atoms with Gasteiger partial charge in [-0.3, -0.25) is 4.79 Å². The van der Waals surface area contributed by atoms with Crippen LogP contribution in [0.3, 0.4) is 0 Å². The molecule has 0 spiro atoms. The van der Waals surface area contributed by atoms with Gasteiger partial charge in [-0.1, -0.05) is 12.8 Å². The summed E-state index contributed by atoms with van der Waals surface area (Å²) in [7, 11) is 1.64. The molecule has 5 nitrogen and oxygen atoms in total. The lowest BCUT2D eigenvalue weighted by molar-refractivity contribution is 0.0964. The van der Waals surface area contributed by atoms with Crippen molar-refractivity contribution in [2.24, 2.45) is 5.92 Å². The number of piperidine rings is 1. The number of hydrogen-bond donors (Lipinski definition) is 2. The fraction of sp³-hybridized carbons (Fsp3) is 0.714. The molecule has 2 aliphatic rings. The Balaban J connectivity index is 1.93. The van der Waals surface area contributed by atoms with Crippen LogP contribution in [-0.4, -0.2) is 29.9 Å². The first-order valence-corrected chi connectivity index (χ1v) is 8.23. The average molecular weight is 294 g/mol. The zero-order valence-electron chi connectivity index (χ0n) is 11.9. The monoisotopic (exact) mass is 294 g/mol. The van der Waals surface area contributed by atoms with Gasteiger partial charge in [0.25, 0.3) is 5.91 Å². The molecule has 0 aromatic carbocycles. The third-order valence-electron chi connectivity index (χ3n) is 4.66. The minimum absolute atomic E-state index is 0.121. The summed E-state index contributed by atoms with van der Waals surface area (Å²) in [6.07, 6.45) is 7.72. The Labute approximate surface area is 123 Å². The molecule has 3 rings (SSSR count). The number of carbonyl (C=O) groups excluding carboxylic acids is 1. The second-order valence-corrected chi connectivity index (χ2v) is 6.53. The molecule has 2 fully saturated rings. The van der Waals surface area contributed by atoms with Crippen molar-refractivity contribution in [3.63, 3.8) is 0 Å². The third-order valence-corrected chi connectivity index (χ3v) is 5.56. The lowest BCUT2D eigenvalue weighted by atomic mass is 9.78. The summed E-state index contributed by atoms with van der Waals surface area (Å²) in [5, 5.41) is 3.65. The molecule has 1 aliphatic carbocycles. The van der Waals surface area contributed by atoms with Crippen LogP contribution in [0.4, 0.5) is 10.8 Å². The first kappa shape index (κ1) is 13.7. The maximum Gasteiger partial charge on any atom is 0.257 e. The highest BCUT2D eigenvalue weighted by Gasteiger charge is 2.36. The molecule has 20 heavy (non-hydrogen) atoms. The Kier molecular flexibility index (Phi) is 3.83. The molecule has 1 amide bonds. The summed E-state index contributed by atoms with van der Waals surface area (Å²) in [6.45, 7) is 1.02. The molecule has 0 radical (unpaired) electrons. The van der Waals surface area contributed by atoms with E-state index in [4.69, 9.17) is 5.73 Å². The van der Waals surface area contributed by atoms with Gasteiger partial charge in [0, 0.05) is 19.6 Å². The smallest absolute Gasteiger partial charge is 0.257 e. The highest BCUT2D eigenvalue weighted by atomic mass is 32.1. The summed E-state index contributed by atoms with van der Waals surface area (Å²) >= 11 is 1.37. The number of nitrogen functional groups attached to an aromatic ring is 1. The van der Waals surface area contributed by atoms with Gasteiger partial charge < -0.3 is 16.0 Å². The first-order chi connectivity index (χ1) is 9.72. The van der Waals surface area contributed by atoms with Crippen LogP contribution < -0.4 is 16.0 Å². The topological polar surface area (TPSA) is 71.2 Å². The molecule has 2 unspecified atom stereocenters. The second kappa shape index (κ2) is 5.60. The maximum atomic E-state index is 12.1. The number of nitrogens with zero attached hydrogens (tertiary/aromatic N) is 2. The van der Waals surface area contributed by atoms with E-state index < -0.39 is 0 Å². The van der Waals surface area contributed by atoms with Crippen LogP contribution in [-0.2, 0) is 0 Å². The molecule has 1 aliphatic heterocycles. The summed E-state index contributed by atoms with van der Waals surface area (Å²) in [4.78, 5) is 14.5. The zero-order chi connectivity index (χ0) is 14.1. The molecule has 6 heteroatoms. The number of nitrogens with one attached hydrogen (secondary N) is 1. The van der Waals surface area contributed by atoms with Gasteiger partial charge in [0.15, 0.2) is 5.82 Å². The standard InChI is InChI=1S/C14H22N4OS/c1-16-13(19)11-12(15)17-20-14(11)18-8-4-6-9-5-2-3-7-10(9)18/h9-10H,2-8H2,1H3,(H2,15,17)(H,16,19). The Morgan fingerprint density at radius 1 is 1.35 bits per heavy atom. The highest BCUT2D eigenvalue weighted by molar-refractivity contribution is 7.11. The van der Waals surface area contributed by atoms with Crippen molar-refractivity contribution in [2.75, 3.05) is 24.2 Å². The SMILES string of the molecule is CNC(=O)c1c(N)nsc1N1CCCC2CCCCC21. The van der Waals surface area contributed by atoms with Gasteiger partial charge in [-0.2, -0.15) is 4.37 Å². The number of carbonyl (C=O) groups is 1. The van der Waals surface area contributed by atoms with Gasteiger partial charge in [-0.15, -0.1) is 0 Å². The number of amides is 1. The molecule has 110 valence electrons. The maximum absolute atomic E-state index is 12.1. The fourth-order valence-corrected chi connectivity index (χ4v) is 4.60. The second-order valence-electron chi connectivity index (χ2n) is 5.77. The van der Waals surface area contributed by atoms with E-state index in [0.717, 1.165) is 17.5 Å². The van der Waals surface area contributed by atoms with Crippen LogP contribution in [0.2, 0.25) is 0 Å². The van der Waals surface area contributed by atoms with E-state index in [0.29, 0.717) is 17.4 Å². The van der Waals surface area contributed by atoms with Crippen molar-refractivity contribution in [1.29, 1.82) is 0 Å². The van der Waals surface area contributed by atoms with Crippen molar-refractivity contribution in [3.8, 4) is 0 Å². The van der Waals surface area contributed by atoms with Crippen molar-refractivity contribution >= 4 is 28.3 Å². The van der Waals surface area contributed by atoms with Gasteiger partial charge >= 0.3 is 0 Å². The Morgan fingerprint density at radius 3 is 2.90 bits per heavy atom. The number of nitrogens with two attached hydrogens (primary N) is 1.